The molecule has 21 heavy (non-hydrogen) atoms. The number of aliphatic carboxylic acids is 2. The van der Waals surface area contributed by atoms with Crippen LogP contribution in [0.3, 0.4) is 0 Å². The number of hydrogen-bond donors (Lipinski definition) is 3. The van der Waals surface area contributed by atoms with Gasteiger partial charge < -0.3 is 15.1 Å². The third-order valence-electron chi connectivity index (χ3n) is 2.71. The molecule has 0 saturated heterocycles. The van der Waals surface area contributed by atoms with Gasteiger partial charge in [-0.25, -0.2) is 4.79 Å². The van der Waals surface area contributed by atoms with E-state index in [0.717, 1.165) is 5.56 Å². The van der Waals surface area contributed by atoms with Gasteiger partial charge in [0.15, 0.2) is 6.10 Å². The van der Waals surface area contributed by atoms with Crippen molar-refractivity contribution in [2.75, 3.05) is 6.16 Å². The Kier molecular flexibility index (Phi) is 6.55. The lowest BCUT2D eigenvalue weighted by molar-refractivity contribution is -0.146. The van der Waals surface area contributed by atoms with Crippen molar-refractivity contribution in [2.24, 2.45) is 0 Å². The zero-order valence-electron chi connectivity index (χ0n) is 11.2. The number of hydrogen-bond acceptors (Lipinski definition) is 4. The first kappa shape index (κ1) is 17.4. The Morgan fingerprint density at radius 3 is 2.33 bits per heavy atom. The van der Waals surface area contributed by atoms with Crippen LogP contribution in [0.25, 0.3) is 0 Å². The largest absolute Gasteiger partial charge is 0.481 e. The Balaban J connectivity index is 2.57. The van der Waals surface area contributed by atoms with Gasteiger partial charge in [0.1, 0.15) is 0 Å². The summed E-state index contributed by atoms with van der Waals surface area (Å²) in [4.78, 5) is 31.0. The van der Waals surface area contributed by atoms with Crippen molar-refractivity contribution in [3.63, 3.8) is 0 Å². The molecule has 3 N–H and O–H groups in total. The third-order valence-corrected chi connectivity index (χ3v) is 4.09. The number of aryl methyl sites for hydroxylation is 1. The van der Waals surface area contributed by atoms with E-state index in [0.29, 0.717) is 0 Å². The van der Waals surface area contributed by atoms with Gasteiger partial charge in [-0.1, -0.05) is 30.3 Å². The fraction of sp³-hybridized carbons (Fsp3) is 0.385. The van der Waals surface area contributed by atoms with Crippen molar-refractivity contribution in [2.45, 2.75) is 25.4 Å². The van der Waals surface area contributed by atoms with Gasteiger partial charge in [-0.3, -0.25) is 13.9 Å². The topological polar surface area (TPSA) is 121 Å². The number of carbonyl (C=O) groups is 2. The molecule has 0 bridgehead atoms. The van der Waals surface area contributed by atoms with E-state index in [1.54, 1.807) is 24.3 Å². The number of carboxylic acid groups (broad SMARTS) is 2. The highest BCUT2D eigenvalue weighted by atomic mass is 31.2. The summed E-state index contributed by atoms with van der Waals surface area (Å²) < 4.78 is 16.6. The van der Waals surface area contributed by atoms with Crippen LogP contribution in [0.2, 0.25) is 0 Å². The summed E-state index contributed by atoms with van der Waals surface area (Å²) in [5, 5.41) is 17.4. The molecule has 2 unspecified atom stereocenters. The van der Waals surface area contributed by atoms with Gasteiger partial charge in [0, 0.05) is 6.42 Å². The molecule has 0 saturated carbocycles. The van der Waals surface area contributed by atoms with Gasteiger partial charge in [-0.05, 0) is 18.4 Å². The molecule has 0 fully saturated rings. The summed E-state index contributed by atoms with van der Waals surface area (Å²) in [5.41, 5.74) is 0.827. The Morgan fingerprint density at radius 1 is 1.19 bits per heavy atom. The standard InChI is InChI=1S/C13H17O7P/c14-12(15)7-6-11(13(16)17)20-21(18,19)9-8-10-4-2-1-3-5-10/h1-5,11H,6-9H2,(H,14,15)(H,16,17)(H,18,19). The van der Waals surface area contributed by atoms with Crippen molar-refractivity contribution in [3.8, 4) is 0 Å². The second-order valence-corrected chi connectivity index (χ2v) is 6.39. The van der Waals surface area contributed by atoms with Crippen molar-refractivity contribution in [3.05, 3.63) is 35.9 Å². The Bertz CT molecular complexity index is 529. The second kappa shape index (κ2) is 7.93. The summed E-state index contributed by atoms with van der Waals surface area (Å²) in [5.74, 6) is -2.65. The maximum atomic E-state index is 11.9. The zero-order chi connectivity index (χ0) is 15.9. The second-order valence-electron chi connectivity index (χ2n) is 4.46. The van der Waals surface area contributed by atoms with Crippen LogP contribution >= 0.6 is 7.60 Å². The molecular weight excluding hydrogens is 299 g/mol. The third kappa shape index (κ3) is 7.04. The molecule has 0 aliphatic heterocycles. The Hall–Kier alpha value is -1.69. The Morgan fingerprint density at radius 2 is 1.81 bits per heavy atom. The molecule has 116 valence electrons. The van der Waals surface area contributed by atoms with Gasteiger partial charge >= 0.3 is 19.5 Å². The van der Waals surface area contributed by atoms with E-state index in [9.17, 15) is 19.0 Å². The highest BCUT2D eigenvalue weighted by Crippen LogP contribution is 2.44. The van der Waals surface area contributed by atoms with Crippen molar-refractivity contribution in [1.29, 1.82) is 0 Å². The van der Waals surface area contributed by atoms with Crippen LogP contribution in [0.5, 0.6) is 0 Å². The summed E-state index contributed by atoms with van der Waals surface area (Å²) in [7, 11) is -4.10. The maximum Gasteiger partial charge on any atom is 0.333 e. The highest BCUT2D eigenvalue weighted by molar-refractivity contribution is 7.52. The molecule has 0 aromatic heterocycles. The normalized spacial score (nSPS) is 15.1. The van der Waals surface area contributed by atoms with E-state index in [4.69, 9.17) is 14.7 Å². The molecule has 2 atom stereocenters. The lowest BCUT2D eigenvalue weighted by Crippen LogP contribution is -2.24. The van der Waals surface area contributed by atoms with Crippen LogP contribution in [-0.4, -0.2) is 39.3 Å². The number of rotatable bonds is 9. The van der Waals surface area contributed by atoms with Crippen LogP contribution in [0.4, 0.5) is 0 Å². The zero-order valence-corrected chi connectivity index (χ0v) is 12.1. The van der Waals surface area contributed by atoms with Crippen LogP contribution in [0.15, 0.2) is 30.3 Å². The molecule has 0 amide bonds. The fourth-order valence-electron chi connectivity index (χ4n) is 1.64. The molecule has 8 heteroatoms. The van der Waals surface area contributed by atoms with Crippen molar-refractivity contribution >= 4 is 19.5 Å². The maximum absolute atomic E-state index is 11.9. The SMILES string of the molecule is O=C(O)CCC(OP(=O)(O)CCc1ccccc1)C(=O)O. The minimum atomic E-state index is -4.10. The average Bonchev–Trinajstić information content (AvgIpc) is 2.42. The summed E-state index contributed by atoms with van der Waals surface area (Å²) >= 11 is 0. The van der Waals surface area contributed by atoms with Crippen LogP contribution in [0, 0.1) is 0 Å². The van der Waals surface area contributed by atoms with Crippen molar-refractivity contribution < 1.29 is 33.8 Å². The van der Waals surface area contributed by atoms with E-state index in [-0.39, 0.29) is 19.0 Å². The fourth-order valence-corrected chi connectivity index (χ4v) is 2.88. The molecular formula is C13H17O7P. The monoisotopic (exact) mass is 316 g/mol. The van der Waals surface area contributed by atoms with E-state index in [2.05, 4.69) is 0 Å². The van der Waals surface area contributed by atoms with Crippen LogP contribution in [0.1, 0.15) is 18.4 Å². The van der Waals surface area contributed by atoms with Gasteiger partial charge in [0.05, 0.1) is 6.16 Å². The molecule has 0 spiro atoms. The average molecular weight is 316 g/mol. The predicted molar refractivity (Wildman–Crippen MR) is 74.2 cm³/mol. The summed E-state index contributed by atoms with van der Waals surface area (Å²) in [6, 6.07) is 8.93. The van der Waals surface area contributed by atoms with E-state index >= 15 is 0 Å². The van der Waals surface area contributed by atoms with Crippen LogP contribution < -0.4 is 0 Å². The lowest BCUT2D eigenvalue weighted by Gasteiger charge is -2.17. The molecule has 0 aliphatic carbocycles. The van der Waals surface area contributed by atoms with Crippen molar-refractivity contribution in [1.82, 2.24) is 0 Å². The smallest absolute Gasteiger partial charge is 0.333 e. The molecule has 1 aromatic carbocycles. The number of carboxylic acids is 2. The van der Waals surface area contributed by atoms with Crippen LogP contribution in [-0.2, 0) is 25.1 Å². The number of benzene rings is 1. The minimum Gasteiger partial charge on any atom is -0.481 e. The first-order chi connectivity index (χ1) is 9.80. The van der Waals surface area contributed by atoms with E-state index in [1.807, 2.05) is 6.07 Å². The minimum absolute atomic E-state index is 0.228. The van der Waals surface area contributed by atoms with E-state index in [1.165, 1.54) is 0 Å². The molecule has 1 rings (SSSR count). The molecule has 0 radical (unpaired) electrons. The first-order valence-corrected chi connectivity index (χ1v) is 8.05. The van der Waals surface area contributed by atoms with Gasteiger partial charge in [0.2, 0.25) is 0 Å². The molecule has 1 aromatic rings. The summed E-state index contributed by atoms with van der Waals surface area (Å²) in [6.07, 6.45) is -2.38. The first-order valence-electron chi connectivity index (χ1n) is 6.29. The Labute approximate surface area is 121 Å². The van der Waals surface area contributed by atoms with Gasteiger partial charge in [0.25, 0.3) is 0 Å². The highest BCUT2D eigenvalue weighted by Gasteiger charge is 2.29. The van der Waals surface area contributed by atoms with Gasteiger partial charge in [-0.15, -0.1) is 0 Å². The quantitative estimate of drug-likeness (QED) is 0.593. The van der Waals surface area contributed by atoms with Gasteiger partial charge in [-0.2, -0.15) is 0 Å². The molecule has 0 aliphatic rings. The summed E-state index contributed by atoms with van der Waals surface area (Å²) in [6.45, 7) is 0. The predicted octanol–water partition coefficient (Wildman–Crippen LogP) is 1.75. The molecule has 0 heterocycles. The lowest BCUT2D eigenvalue weighted by atomic mass is 10.2. The molecule has 7 nitrogen and oxygen atoms in total. The van der Waals surface area contributed by atoms with E-state index < -0.39 is 32.1 Å².